The van der Waals surface area contributed by atoms with Gasteiger partial charge in [0.05, 0.1) is 6.54 Å². The van der Waals surface area contributed by atoms with Gasteiger partial charge in [0.15, 0.2) is 0 Å². The molecule has 0 saturated carbocycles. The van der Waals surface area contributed by atoms with Crippen molar-refractivity contribution in [2.75, 3.05) is 19.7 Å². The summed E-state index contributed by atoms with van der Waals surface area (Å²) < 4.78 is 4.84. The molecule has 1 aliphatic rings. The smallest absolute Gasteiger partial charge is 0.333 e. The fourth-order valence-electron chi connectivity index (χ4n) is 1.18. The van der Waals surface area contributed by atoms with Crippen LogP contribution >= 0.6 is 0 Å². The van der Waals surface area contributed by atoms with Gasteiger partial charge < -0.3 is 9.64 Å². The number of hydrogen-bond donors (Lipinski definition) is 1. The van der Waals surface area contributed by atoms with Gasteiger partial charge in [0, 0.05) is 18.5 Å². The number of carbonyl (C=O) groups is 3. The molecule has 1 saturated heterocycles. The summed E-state index contributed by atoms with van der Waals surface area (Å²) in [6.07, 6.45) is 0.278. The van der Waals surface area contributed by atoms with Crippen LogP contribution in [-0.2, 0) is 14.3 Å². The third kappa shape index (κ3) is 3.38. The van der Waals surface area contributed by atoms with E-state index in [1.54, 1.807) is 6.92 Å². The minimum absolute atomic E-state index is 0.104. The average Bonchev–Trinajstić information content (AvgIpc) is 2.20. The van der Waals surface area contributed by atoms with Crippen molar-refractivity contribution in [3.8, 4) is 0 Å². The van der Waals surface area contributed by atoms with E-state index < -0.39 is 12.0 Å². The summed E-state index contributed by atoms with van der Waals surface area (Å²) in [5, 5.41) is 2.18. The fourth-order valence-corrected chi connectivity index (χ4v) is 1.18. The van der Waals surface area contributed by atoms with Crippen molar-refractivity contribution in [2.24, 2.45) is 0 Å². The van der Waals surface area contributed by atoms with Gasteiger partial charge in [-0.25, -0.2) is 9.59 Å². The Morgan fingerprint density at radius 2 is 2.25 bits per heavy atom. The van der Waals surface area contributed by atoms with E-state index in [1.165, 1.54) is 4.90 Å². The zero-order valence-corrected chi connectivity index (χ0v) is 9.12. The summed E-state index contributed by atoms with van der Waals surface area (Å²) in [4.78, 5) is 34.5. The lowest BCUT2D eigenvalue weighted by Gasteiger charge is -2.26. The van der Waals surface area contributed by atoms with Crippen LogP contribution in [-0.4, -0.2) is 42.5 Å². The van der Waals surface area contributed by atoms with E-state index in [9.17, 15) is 14.4 Å². The molecule has 0 atom stereocenters. The summed E-state index contributed by atoms with van der Waals surface area (Å²) in [5.74, 6) is -0.756. The van der Waals surface area contributed by atoms with E-state index in [0.29, 0.717) is 12.1 Å². The van der Waals surface area contributed by atoms with E-state index in [4.69, 9.17) is 4.74 Å². The van der Waals surface area contributed by atoms with Crippen LogP contribution in [0.5, 0.6) is 0 Å². The number of urea groups is 1. The molecule has 0 radical (unpaired) electrons. The van der Waals surface area contributed by atoms with Crippen molar-refractivity contribution < 1.29 is 19.1 Å². The molecule has 3 amide bonds. The second kappa shape index (κ2) is 5.29. The molecule has 6 heteroatoms. The maximum absolute atomic E-state index is 11.3. The van der Waals surface area contributed by atoms with Crippen LogP contribution < -0.4 is 5.32 Å². The van der Waals surface area contributed by atoms with Crippen molar-refractivity contribution in [3.05, 3.63) is 12.2 Å². The van der Waals surface area contributed by atoms with Gasteiger partial charge in [-0.3, -0.25) is 10.1 Å². The molecule has 1 N–H and O–H groups in total. The van der Waals surface area contributed by atoms with Crippen LogP contribution in [0.25, 0.3) is 0 Å². The van der Waals surface area contributed by atoms with E-state index in [-0.39, 0.29) is 25.5 Å². The Morgan fingerprint density at radius 3 is 2.81 bits per heavy atom. The molecule has 0 aromatic carbocycles. The number of ether oxygens (including phenoxy) is 1. The highest BCUT2D eigenvalue weighted by Crippen LogP contribution is 2.00. The predicted molar refractivity (Wildman–Crippen MR) is 55.5 cm³/mol. The molecule has 0 aromatic rings. The average molecular weight is 226 g/mol. The Balaban J connectivity index is 2.28. The summed E-state index contributed by atoms with van der Waals surface area (Å²) in [7, 11) is 0. The fraction of sp³-hybridized carbons (Fsp3) is 0.500. The van der Waals surface area contributed by atoms with Gasteiger partial charge in [-0.2, -0.15) is 0 Å². The van der Waals surface area contributed by atoms with Crippen molar-refractivity contribution in [1.82, 2.24) is 10.2 Å². The Bertz CT molecular complexity index is 338. The SMILES string of the molecule is C=C(C)C(=O)OCCN1CCC(=O)NC1=O. The molecule has 0 unspecified atom stereocenters. The minimum atomic E-state index is -0.478. The molecule has 0 aliphatic carbocycles. The van der Waals surface area contributed by atoms with Gasteiger partial charge in [-0.1, -0.05) is 6.58 Å². The van der Waals surface area contributed by atoms with Crippen molar-refractivity contribution in [3.63, 3.8) is 0 Å². The number of imide groups is 1. The van der Waals surface area contributed by atoms with Crippen LogP contribution in [0.3, 0.4) is 0 Å². The van der Waals surface area contributed by atoms with Gasteiger partial charge in [0.2, 0.25) is 5.91 Å². The summed E-state index contributed by atoms with van der Waals surface area (Å²) in [6, 6.07) is -0.442. The van der Waals surface area contributed by atoms with E-state index in [1.807, 2.05) is 0 Å². The van der Waals surface area contributed by atoms with Crippen molar-refractivity contribution >= 4 is 17.9 Å². The first-order valence-electron chi connectivity index (χ1n) is 4.92. The molecule has 0 bridgehead atoms. The number of esters is 1. The van der Waals surface area contributed by atoms with Crippen LogP contribution in [0.15, 0.2) is 12.2 Å². The molecule has 6 nitrogen and oxygen atoms in total. The largest absolute Gasteiger partial charge is 0.460 e. The zero-order chi connectivity index (χ0) is 12.1. The highest BCUT2D eigenvalue weighted by Gasteiger charge is 2.22. The van der Waals surface area contributed by atoms with Gasteiger partial charge >= 0.3 is 12.0 Å². The Kier molecular flexibility index (Phi) is 4.04. The Morgan fingerprint density at radius 1 is 1.56 bits per heavy atom. The van der Waals surface area contributed by atoms with E-state index in [0.717, 1.165) is 0 Å². The first kappa shape index (κ1) is 12.2. The van der Waals surface area contributed by atoms with E-state index in [2.05, 4.69) is 11.9 Å². The van der Waals surface area contributed by atoms with Crippen LogP contribution in [0.2, 0.25) is 0 Å². The van der Waals surface area contributed by atoms with Gasteiger partial charge in [0.25, 0.3) is 0 Å². The van der Waals surface area contributed by atoms with Crippen LogP contribution in [0.4, 0.5) is 4.79 Å². The monoisotopic (exact) mass is 226 g/mol. The number of hydrogen-bond acceptors (Lipinski definition) is 4. The number of amides is 3. The molecular weight excluding hydrogens is 212 g/mol. The van der Waals surface area contributed by atoms with E-state index >= 15 is 0 Å². The van der Waals surface area contributed by atoms with Crippen molar-refractivity contribution in [2.45, 2.75) is 13.3 Å². The first-order valence-corrected chi connectivity index (χ1v) is 4.92. The lowest BCUT2D eigenvalue weighted by molar-refractivity contribution is -0.139. The highest BCUT2D eigenvalue weighted by molar-refractivity contribution is 5.96. The van der Waals surface area contributed by atoms with Gasteiger partial charge in [0.1, 0.15) is 6.61 Å². The molecule has 16 heavy (non-hydrogen) atoms. The molecule has 88 valence electrons. The highest BCUT2D eigenvalue weighted by atomic mass is 16.5. The van der Waals surface area contributed by atoms with Gasteiger partial charge in [-0.15, -0.1) is 0 Å². The molecule has 0 aromatic heterocycles. The lowest BCUT2D eigenvalue weighted by Crippen LogP contribution is -2.50. The molecule has 1 aliphatic heterocycles. The molecule has 0 spiro atoms. The molecular formula is C10H14N2O4. The summed E-state index contributed by atoms with van der Waals surface area (Å²) >= 11 is 0. The quantitative estimate of drug-likeness (QED) is 0.542. The normalized spacial score (nSPS) is 15.7. The molecule has 1 fully saturated rings. The summed E-state index contributed by atoms with van der Waals surface area (Å²) in [6.45, 7) is 5.72. The topological polar surface area (TPSA) is 75.7 Å². The third-order valence-corrected chi connectivity index (χ3v) is 2.09. The number of rotatable bonds is 4. The summed E-state index contributed by atoms with van der Waals surface area (Å²) in [5.41, 5.74) is 0.318. The second-order valence-electron chi connectivity index (χ2n) is 3.51. The van der Waals surface area contributed by atoms with Gasteiger partial charge in [-0.05, 0) is 6.92 Å². The third-order valence-electron chi connectivity index (χ3n) is 2.09. The number of carbonyl (C=O) groups excluding carboxylic acids is 3. The predicted octanol–water partition coefficient (Wildman–Crippen LogP) is 0.0476. The maximum atomic E-state index is 11.3. The standard InChI is InChI=1S/C10H14N2O4/c1-7(2)9(14)16-6-5-12-4-3-8(13)11-10(12)15/h1,3-6H2,2H3,(H,11,13,15). The molecule has 1 heterocycles. The number of nitrogens with one attached hydrogen (secondary N) is 1. The lowest BCUT2D eigenvalue weighted by atomic mass is 10.3. The van der Waals surface area contributed by atoms with Crippen molar-refractivity contribution in [1.29, 1.82) is 0 Å². The molecule has 1 rings (SSSR count). The number of nitrogens with zero attached hydrogens (tertiary/aromatic N) is 1. The minimum Gasteiger partial charge on any atom is -0.460 e. The second-order valence-corrected chi connectivity index (χ2v) is 3.51. The van der Waals surface area contributed by atoms with Crippen LogP contribution in [0.1, 0.15) is 13.3 Å². The first-order chi connectivity index (χ1) is 7.50. The Hall–Kier alpha value is -1.85. The zero-order valence-electron chi connectivity index (χ0n) is 9.12. The Labute approximate surface area is 93.2 Å². The van der Waals surface area contributed by atoms with Crippen LogP contribution in [0, 0.1) is 0 Å². The maximum Gasteiger partial charge on any atom is 0.333 e.